The van der Waals surface area contributed by atoms with Crippen LogP contribution in [-0.2, 0) is 0 Å². The first kappa shape index (κ1) is 18.0. The van der Waals surface area contributed by atoms with Crippen molar-refractivity contribution in [3.05, 3.63) is 0 Å². The molecule has 0 heterocycles. The third-order valence-corrected chi connectivity index (χ3v) is 10.6. The van der Waals surface area contributed by atoms with E-state index in [9.17, 15) is 13.2 Å². The van der Waals surface area contributed by atoms with Gasteiger partial charge in [-0.25, -0.2) is 0 Å². The van der Waals surface area contributed by atoms with Crippen LogP contribution in [0.5, 0.6) is 0 Å². The van der Waals surface area contributed by atoms with E-state index < -0.39 is 20.0 Å². The van der Waals surface area contributed by atoms with Gasteiger partial charge in [0.1, 0.15) is 0 Å². The summed E-state index contributed by atoms with van der Waals surface area (Å²) in [6.45, 7) is 0. The van der Waals surface area contributed by atoms with Gasteiger partial charge in [-0.05, 0) is 55.5 Å². The van der Waals surface area contributed by atoms with Crippen molar-refractivity contribution in [2.45, 2.75) is 113 Å². The van der Waals surface area contributed by atoms with Gasteiger partial charge in [-0.3, -0.25) is 0 Å². The Morgan fingerprint density at radius 2 is 1.00 bits per heavy atom. The molecule has 0 nitrogen and oxygen atoms in total. The molecule has 23 heavy (non-hydrogen) atoms. The Morgan fingerprint density at radius 1 is 0.565 bits per heavy atom. The van der Waals surface area contributed by atoms with Crippen LogP contribution in [0.2, 0.25) is 0 Å². The Hall–Kier alpha value is 0.220. The normalized spacial score (nSPS) is 32.3. The van der Waals surface area contributed by atoms with E-state index in [1.807, 2.05) is 0 Å². The van der Waals surface area contributed by atoms with Crippen molar-refractivity contribution >= 4 is 7.92 Å². The Morgan fingerprint density at radius 3 is 1.48 bits per heavy atom. The smallest absolute Gasteiger partial charge is 0.171 e. The first-order valence-corrected chi connectivity index (χ1v) is 11.5. The maximum Gasteiger partial charge on any atom is 0.392 e. The lowest BCUT2D eigenvalue weighted by atomic mass is 9.88. The highest BCUT2D eigenvalue weighted by atomic mass is 31.1. The van der Waals surface area contributed by atoms with E-state index in [0.29, 0.717) is 17.7 Å². The molecule has 3 rings (SSSR count). The molecule has 0 aromatic rings. The Balaban J connectivity index is 1.82. The first-order chi connectivity index (χ1) is 11.1. The van der Waals surface area contributed by atoms with E-state index in [4.69, 9.17) is 0 Å². The fourth-order valence-electron chi connectivity index (χ4n) is 5.45. The fourth-order valence-corrected chi connectivity index (χ4v) is 10.3. The van der Waals surface area contributed by atoms with Crippen molar-refractivity contribution in [1.29, 1.82) is 0 Å². The predicted molar refractivity (Wildman–Crippen MR) is 92.5 cm³/mol. The molecule has 3 aliphatic carbocycles. The van der Waals surface area contributed by atoms with Crippen LogP contribution in [-0.4, -0.2) is 23.2 Å². The SMILES string of the molecule is FC(F)(F)C1CCCCC1P(C1CCCCC1)C1CCCCC1. The maximum absolute atomic E-state index is 13.7. The lowest BCUT2D eigenvalue weighted by Crippen LogP contribution is -2.40. The third-order valence-electron chi connectivity index (χ3n) is 6.53. The van der Waals surface area contributed by atoms with E-state index in [2.05, 4.69) is 0 Å². The number of hydrogen-bond donors (Lipinski definition) is 0. The lowest BCUT2D eigenvalue weighted by Gasteiger charge is -2.47. The largest absolute Gasteiger partial charge is 0.392 e. The second kappa shape index (κ2) is 8.07. The van der Waals surface area contributed by atoms with Crippen molar-refractivity contribution < 1.29 is 13.2 Å². The summed E-state index contributed by atoms with van der Waals surface area (Å²) < 4.78 is 41.1. The molecule has 0 amide bonds. The number of hydrogen-bond acceptors (Lipinski definition) is 0. The second-order valence-corrected chi connectivity index (χ2v) is 11.0. The van der Waals surface area contributed by atoms with Gasteiger partial charge in [0.05, 0.1) is 5.92 Å². The van der Waals surface area contributed by atoms with Gasteiger partial charge in [0.2, 0.25) is 0 Å². The monoisotopic (exact) mass is 348 g/mol. The summed E-state index contributed by atoms with van der Waals surface area (Å²) in [5.41, 5.74) is 1.29. The molecule has 0 spiro atoms. The summed E-state index contributed by atoms with van der Waals surface area (Å²) in [5, 5.41) is 0. The van der Waals surface area contributed by atoms with Crippen molar-refractivity contribution in [1.82, 2.24) is 0 Å². The fraction of sp³-hybridized carbons (Fsp3) is 1.00. The summed E-state index contributed by atoms with van der Waals surface area (Å²) >= 11 is 0. The Labute approximate surface area is 140 Å². The minimum atomic E-state index is -3.96. The van der Waals surface area contributed by atoms with Crippen molar-refractivity contribution in [3.8, 4) is 0 Å². The Bertz CT molecular complexity index is 338. The van der Waals surface area contributed by atoms with Gasteiger partial charge in [0.25, 0.3) is 0 Å². The average Bonchev–Trinajstić information content (AvgIpc) is 2.57. The zero-order valence-corrected chi connectivity index (χ0v) is 15.2. The molecular formula is C19H32F3P. The summed E-state index contributed by atoms with van der Waals surface area (Å²) in [4.78, 5) is 0. The van der Waals surface area contributed by atoms with Gasteiger partial charge >= 0.3 is 6.18 Å². The summed E-state index contributed by atoms with van der Waals surface area (Å²) in [6, 6.07) is 0. The molecular weight excluding hydrogens is 316 g/mol. The minimum absolute atomic E-state index is 0.00931. The van der Waals surface area contributed by atoms with Gasteiger partial charge in [-0.2, -0.15) is 13.2 Å². The maximum atomic E-state index is 13.7. The van der Waals surface area contributed by atoms with E-state index >= 15 is 0 Å². The topological polar surface area (TPSA) is 0 Å². The standard InChI is InChI=1S/C19H32F3P/c20-19(21,22)17-13-7-8-14-18(17)23(15-9-3-1-4-10-15)16-11-5-2-6-12-16/h15-18H,1-14H2. The minimum Gasteiger partial charge on any atom is -0.171 e. The molecule has 0 bridgehead atoms. The molecule has 4 heteroatoms. The molecule has 134 valence electrons. The summed E-state index contributed by atoms with van der Waals surface area (Å²) in [5.74, 6) is -0.980. The van der Waals surface area contributed by atoms with E-state index in [1.165, 1.54) is 64.2 Å². The Kier molecular flexibility index (Phi) is 6.32. The van der Waals surface area contributed by atoms with Crippen LogP contribution in [0.25, 0.3) is 0 Å². The van der Waals surface area contributed by atoms with Crippen LogP contribution >= 0.6 is 7.92 Å². The van der Waals surface area contributed by atoms with Crippen molar-refractivity contribution in [2.24, 2.45) is 5.92 Å². The van der Waals surface area contributed by atoms with Crippen LogP contribution in [0.15, 0.2) is 0 Å². The van der Waals surface area contributed by atoms with Crippen LogP contribution in [0.3, 0.4) is 0 Å². The zero-order chi connectivity index (χ0) is 16.3. The number of rotatable bonds is 3. The number of halogens is 3. The van der Waals surface area contributed by atoms with Crippen LogP contribution in [0, 0.1) is 5.92 Å². The van der Waals surface area contributed by atoms with E-state index in [0.717, 1.165) is 19.3 Å². The highest BCUT2D eigenvalue weighted by Crippen LogP contribution is 2.64. The molecule has 0 saturated heterocycles. The lowest BCUT2D eigenvalue weighted by molar-refractivity contribution is -0.180. The third kappa shape index (κ3) is 4.44. The van der Waals surface area contributed by atoms with Gasteiger partial charge < -0.3 is 0 Å². The second-order valence-electron chi connectivity index (χ2n) is 8.03. The van der Waals surface area contributed by atoms with Gasteiger partial charge in [-0.15, -0.1) is 0 Å². The summed E-state index contributed by atoms with van der Waals surface area (Å²) in [6.07, 6.45) is 11.7. The highest BCUT2D eigenvalue weighted by Gasteiger charge is 2.50. The molecule has 3 saturated carbocycles. The molecule has 3 fully saturated rings. The molecule has 0 N–H and O–H groups in total. The van der Waals surface area contributed by atoms with Crippen LogP contribution in [0.4, 0.5) is 13.2 Å². The summed E-state index contributed by atoms with van der Waals surface area (Å²) in [7, 11) is -0.439. The van der Waals surface area contributed by atoms with Gasteiger partial charge in [-0.1, -0.05) is 59.3 Å². The molecule has 0 radical (unpaired) electrons. The quantitative estimate of drug-likeness (QED) is 0.471. The van der Waals surface area contributed by atoms with Gasteiger partial charge in [0, 0.05) is 0 Å². The van der Waals surface area contributed by atoms with Crippen LogP contribution in [0.1, 0.15) is 89.9 Å². The highest BCUT2D eigenvalue weighted by molar-refractivity contribution is 7.60. The molecule has 0 aliphatic heterocycles. The van der Waals surface area contributed by atoms with Crippen molar-refractivity contribution in [2.75, 3.05) is 0 Å². The van der Waals surface area contributed by atoms with Gasteiger partial charge in [0.15, 0.2) is 0 Å². The van der Waals surface area contributed by atoms with E-state index in [1.54, 1.807) is 0 Å². The average molecular weight is 348 g/mol. The zero-order valence-electron chi connectivity index (χ0n) is 14.3. The molecule has 2 atom stereocenters. The van der Waals surface area contributed by atoms with E-state index in [-0.39, 0.29) is 5.66 Å². The van der Waals surface area contributed by atoms with Crippen molar-refractivity contribution in [3.63, 3.8) is 0 Å². The molecule has 0 aromatic carbocycles. The molecule has 2 unspecified atom stereocenters. The molecule has 0 aromatic heterocycles. The number of alkyl halides is 3. The molecule has 3 aliphatic rings. The van der Waals surface area contributed by atoms with Crippen LogP contribution < -0.4 is 0 Å². The first-order valence-electron chi connectivity index (χ1n) is 9.91. The predicted octanol–water partition coefficient (Wildman–Crippen LogP) is 7.25.